The number of alkyl halides is 3. The van der Waals surface area contributed by atoms with Crippen molar-refractivity contribution >= 4 is 34.3 Å². The minimum Gasteiger partial charge on any atom is -0.465 e. The highest BCUT2D eigenvalue weighted by molar-refractivity contribution is 7.13. The van der Waals surface area contributed by atoms with E-state index in [0.717, 1.165) is 45.2 Å². The first-order chi connectivity index (χ1) is 20.0. The number of thiazole rings is 1. The fourth-order valence-corrected chi connectivity index (χ4v) is 5.91. The molecule has 1 saturated heterocycles. The van der Waals surface area contributed by atoms with Gasteiger partial charge < -0.3 is 20.3 Å². The molecule has 224 valence electrons. The molecular formula is C30H33F3N4O4S. The quantitative estimate of drug-likeness (QED) is 0.294. The lowest BCUT2D eigenvalue weighted by Crippen LogP contribution is -2.36. The van der Waals surface area contributed by atoms with Crippen LogP contribution in [0.4, 0.5) is 18.3 Å². The van der Waals surface area contributed by atoms with Gasteiger partial charge in [0.15, 0.2) is 5.13 Å². The van der Waals surface area contributed by atoms with Crippen LogP contribution in [0.3, 0.4) is 0 Å². The molecule has 8 nitrogen and oxygen atoms in total. The Morgan fingerprint density at radius 1 is 1.12 bits per heavy atom. The number of carbonyl (C=O) groups excluding carboxylic acids is 3. The van der Waals surface area contributed by atoms with E-state index in [1.807, 2.05) is 18.2 Å². The number of hydrogen-bond acceptors (Lipinski definition) is 7. The van der Waals surface area contributed by atoms with Gasteiger partial charge in [-0.15, -0.1) is 11.3 Å². The highest BCUT2D eigenvalue weighted by Gasteiger charge is 2.32. The van der Waals surface area contributed by atoms with Gasteiger partial charge in [-0.25, -0.2) is 9.78 Å². The molecule has 0 spiro atoms. The fourth-order valence-electron chi connectivity index (χ4n) is 5.10. The summed E-state index contributed by atoms with van der Waals surface area (Å²) < 4.78 is 45.0. The Hall–Kier alpha value is -3.77. The molecule has 1 fully saturated rings. The molecule has 12 heteroatoms. The van der Waals surface area contributed by atoms with E-state index in [1.165, 1.54) is 29.9 Å². The number of nitrogens with one attached hydrogen (secondary N) is 2. The maximum Gasteiger partial charge on any atom is 0.416 e. The zero-order chi connectivity index (χ0) is 30.3. The van der Waals surface area contributed by atoms with Gasteiger partial charge in [0.05, 0.1) is 29.8 Å². The molecule has 4 rings (SSSR count). The highest BCUT2D eigenvalue weighted by atomic mass is 32.1. The minimum atomic E-state index is -4.68. The first-order valence-electron chi connectivity index (χ1n) is 13.6. The Labute approximate surface area is 246 Å². The summed E-state index contributed by atoms with van der Waals surface area (Å²) in [6.45, 7) is 3.52. The van der Waals surface area contributed by atoms with E-state index in [1.54, 1.807) is 5.38 Å². The van der Waals surface area contributed by atoms with Gasteiger partial charge in [0.2, 0.25) is 11.8 Å². The van der Waals surface area contributed by atoms with E-state index in [4.69, 9.17) is 0 Å². The summed E-state index contributed by atoms with van der Waals surface area (Å²) in [6.07, 6.45) is -2.24. The summed E-state index contributed by atoms with van der Waals surface area (Å²) in [5, 5.41) is 7.41. The third-order valence-corrected chi connectivity index (χ3v) is 8.05. The third kappa shape index (κ3) is 8.39. The van der Waals surface area contributed by atoms with Crippen LogP contribution in [-0.2, 0) is 27.0 Å². The van der Waals surface area contributed by atoms with Gasteiger partial charge in [-0.3, -0.25) is 9.59 Å². The number of likely N-dealkylation sites (tertiary alicyclic amines) is 1. The Balaban J connectivity index is 1.46. The zero-order valence-electron chi connectivity index (χ0n) is 23.4. The molecule has 3 aromatic rings. The predicted molar refractivity (Wildman–Crippen MR) is 153 cm³/mol. The number of halogens is 3. The maximum atomic E-state index is 13.5. The van der Waals surface area contributed by atoms with Crippen molar-refractivity contribution < 1.29 is 32.3 Å². The number of amides is 2. The number of methoxy groups -OCH3 is 1. The monoisotopic (exact) mass is 602 g/mol. The van der Waals surface area contributed by atoms with E-state index < -0.39 is 29.5 Å². The van der Waals surface area contributed by atoms with Crippen LogP contribution >= 0.6 is 11.3 Å². The summed E-state index contributed by atoms with van der Waals surface area (Å²) in [5.74, 6) is -1.81. The maximum absolute atomic E-state index is 13.5. The van der Waals surface area contributed by atoms with Crippen LogP contribution in [0.5, 0.6) is 0 Å². The van der Waals surface area contributed by atoms with Gasteiger partial charge in [-0.05, 0) is 74.1 Å². The molecule has 1 atom stereocenters. The number of aromatic nitrogens is 1. The molecule has 2 N–H and O–H groups in total. The van der Waals surface area contributed by atoms with Crippen molar-refractivity contribution in [3.05, 3.63) is 81.9 Å². The molecule has 0 saturated carbocycles. The molecule has 0 aliphatic carbocycles. The molecule has 2 aromatic carbocycles. The van der Waals surface area contributed by atoms with Crippen molar-refractivity contribution in [3.63, 3.8) is 0 Å². The average Bonchev–Trinajstić information content (AvgIpc) is 3.43. The number of ether oxygens (including phenoxy) is 1. The van der Waals surface area contributed by atoms with Crippen LogP contribution in [0.2, 0.25) is 0 Å². The number of rotatable bonds is 10. The number of carbonyl (C=O) groups is 3. The van der Waals surface area contributed by atoms with Gasteiger partial charge in [-0.2, -0.15) is 13.2 Å². The first kappa shape index (κ1) is 31.2. The van der Waals surface area contributed by atoms with E-state index in [2.05, 4.69) is 37.4 Å². The van der Waals surface area contributed by atoms with Crippen molar-refractivity contribution in [2.24, 2.45) is 0 Å². The number of esters is 1. The van der Waals surface area contributed by atoms with Crippen molar-refractivity contribution in [1.29, 1.82) is 0 Å². The summed E-state index contributed by atoms with van der Waals surface area (Å²) >= 11 is 1.20. The smallest absolute Gasteiger partial charge is 0.416 e. The SMILES string of the molecule is COC(=O)c1cc(CNC(=O)C(CCN2CCC(c3ccccc3)CC2)c2csc(NC(C)=O)n2)cc(C(F)(F)F)c1. The van der Waals surface area contributed by atoms with Gasteiger partial charge in [0.1, 0.15) is 0 Å². The predicted octanol–water partition coefficient (Wildman–Crippen LogP) is 5.58. The summed E-state index contributed by atoms with van der Waals surface area (Å²) in [7, 11) is 1.09. The lowest BCUT2D eigenvalue weighted by Gasteiger charge is -2.32. The van der Waals surface area contributed by atoms with E-state index >= 15 is 0 Å². The Bertz CT molecular complexity index is 1390. The second-order valence-electron chi connectivity index (χ2n) is 10.3. The van der Waals surface area contributed by atoms with Crippen molar-refractivity contribution in [2.75, 3.05) is 32.1 Å². The number of benzene rings is 2. The standard InChI is InChI=1S/C30H33F3N4O4S/c1-19(38)35-29-36-26(18-42-29)25(10-13-37-11-8-22(9-12-37)21-6-4-3-5-7-21)27(39)34-17-20-14-23(28(40)41-2)16-24(15-20)30(31,32)33/h3-7,14-16,18,22,25H,8-13,17H2,1-2H3,(H,34,39)(H,35,36,38). The van der Waals surface area contributed by atoms with Gasteiger partial charge in [0.25, 0.3) is 0 Å². The third-order valence-electron chi connectivity index (χ3n) is 7.28. The van der Waals surface area contributed by atoms with Crippen molar-refractivity contribution in [1.82, 2.24) is 15.2 Å². The number of piperidine rings is 1. The van der Waals surface area contributed by atoms with E-state index in [-0.39, 0.29) is 23.6 Å². The molecule has 0 bridgehead atoms. The Morgan fingerprint density at radius 3 is 2.48 bits per heavy atom. The van der Waals surface area contributed by atoms with Crippen LogP contribution in [0.1, 0.15) is 70.8 Å². The van der Waals surface area contributed by atoms with Crippen LogP contribution in [0, 0.1) is 0 Å². The van der Waals surface area contributed by atoms with Gasteiger partial charge in [-0.1, -0.05) is 30.3 Å². The van der Waals surface area contributed by atoms with Gasteiger partial charge in [0, 0.05) is 18.8 Å². The molecule has 1 aliphatic heterocycles. The Kier molecular flexibility index (Phi) is 10.3. The van der Waals surface area contributed by atoms with Gasteiger partial charge >= 0.3 is 12.1 Å². The molecular weight excluding hydrogens is 569 g/mol. The average molecular weight is 603 g/mol. The first-order valence-corrected chi connectivity index (χ1v) is 14.5. The molecule has 1 unspecified atom stereocenters. The number of nitrogens with zero attached hydrogens (tertiary/aromatic N) is 2. The van der Waals surface area contributed by atoms with E-state index in [0.29, 0.717) is 29.7 Å². The molecule has 2 amide bonds. The van der Waals surface area contributed by atoms with E-state index in [9.17, 15) is 27.6 Å². The topological polar surface area (TPSA) is 101 Å². The molecule has 2 heterocycles. The van der Waals surface area contributed by atoms with Crippen molar-refractivity contribution in [2.45, 2.75) is 50.7 Å². The summed E-state index contributed by atoms with van der Waals surface area (Å²) in [4.78, 5) is 43.7. The Morgan fingerprint density at radius 2 is 1.83 bits per heavy atom. The summed E-state index contributed by atoms with van der Waals surface area (Å²) in [5.41, 5.74) is 0.639. The zero-order valence-corrected chi connectivity index (χ0v) is 24.2. The van der Waals surface area contributed by atoms with Crippen LogP contribution < -0.4 is 10.6 Å². The number of hydrogen-bond donors (Lipinski definition) is 2. The lowest BCUT2D eigenvalue weighted by molar-refractivity contribution is -0.137. The van der Waals surface area contributed by atoms with Crippen LogP contribution in [-0.4, -0.2) is 54.4 Å². The van der Waals surface area contributed by atoms with Crippen LogP contribution in [0.15, 0.2) is 53.9 Å². The second kappa shape index (κ2) is 13.9. The minimum absolute atomic E-state index is 0.109. The van der Waals surface area contributed by atoms with Crippen LogP contribution in [0.25, 0.3) is 0 Å². The lowest BCUT2D eigenvalue weighted by atomic mass is 9.89. The molecule has 1 aromatic heterocycles. The molecule has 0 radical (unpaired) electrons. The fraction of sp³-hybridized carbons (Fsp3) is 0.400. The number of anilines is 1. The normalized spacial score (nSPS) is 15.2. The highest BCUT2D eigenvalue weighted by Crippen LogP contribution is 2.32. The summed E-state index contributed by atoms with van der Waals surface area (Å²) in [6, 6.07) is 13.3. The molecule has 42 heavy (non-hydrogen) atoms. The molecule has 1 aliphatic rings. The van der Waals surface area contributed by atoms with Crippen molar-refractivity contribution in [3.8, 4) is 0 Å². The largest absolute Gasteiger partial charge is 0.465 e. The second-order valence-corrected chi connectivity index (χ2v) is 11.1.